The molecule has 1 aromatic heterocycles. The van der Waals surface area contributed by atoms with E-state index in [1.807, 2.05) is 0 Å². The van der Waals surface area contributed by atoms with Gasteiger partial charge in [0.2, 0.25) is 5.91 Å². The lowest BCUT2D eigenvalue weighted by molar-refractivity contribution is -0.115. The highest BCUT2D eigenvalue weighted by Crippen LogP contribution is 2.23. The summed E-state index contributed by atoms with van der Waals surface area (Å²) in [6.07, 6.45) is 3.71. The quantitative estimate of drug-likeness (QED) is 0.633. The van der Waals surface area contributed by atoms with Crippen LogP contribution in [-0.4, -0.2) is 28.2 Å². The SMILES string of the molecule is COc1ccc(NC(=O)[C@@H](C)Sc2nc3c(c(=O)[nH]2)CCCC3)cc1. The molecule has 0 aliphatic heterocycles. The molecule has 2 N–H and O–H groups in total. The van der Waals surface area contributed by atoms with Gasteiger partial charge in [0.15, 0.2) is 5.16 Å². The number of ether oxygens (including phenoxy) is 1. The molecule has 3 rings (SSSR count). The highest BCUT2D eigenvalue weighted by molar-refractivity contribution is 8.00. The number of nitrogens with zero attached hydrogens (tertiary/aromatic N) is 1. The summed E-state index contributed by atoms with van der Waals surface area (Å²) < 4.78 is 5.10. The van der Waals surface area contributed by atoms with Gasteiger partial charge >= 0.3 is 0 Å². The lowest BCUT2D eigenvalue weighted by atomic mass is 9.97. The molecule has 1 aliphatic carbocycles. The number of aromatic amines is 1. The molecule has 6 nitrogen and oxygen atoms in total. The van der Waals surface area contributed by atoms with Crippen LogP contribution in [0.15, 0.2) is 34.2 Å². The minimum Gasteiger partial charge on any atom is -0.497 e. The zero-order valence-corrected chi connectivity index (χ0v) is 15.1. The van der Waals surface area contributed by atoms with Gasteiger partial charge in [0.25, 0.3) is 5.56 Å². The molecule has 0 saturated carbocycles. The smallest absolute Gasteiger partial charge is 0.254 e. The van der Waals surface area contributed by atoms with Crippen LogP contribution >= 0.6 is 11.8 Å². The van der Waals surface area contributed by atoms with Crippen LogP contribution < -0.4 is 15.6 Å². The Morgan fingerprint density at radius 2 is 2.00 bits per heavy atom. The summed E-state index contributed by atoms with van der Waals surface area (Å²) in [6, 6.07) is 7.15. The monoisotopic (exact) mass is 359 g/mol. The third kappa shape index (κ3) is 4.22. The van der Waals surface area contributed by atoms with Gasteiger partial charge in [0.05, 0.1) is 18.1 Å². The summed E-state index contributed by atoms with van der Waals surface area (Å²) >= 11 is 1.26. The van der Waals surface area contributed by atoms with Crippen molar-refractivity contribution in [2.75, 3.05) is 12.4 Å². The molecule has 7 heteroatoms. The molecular weight excluding hydrogens is 338 g/mol. The number of rotatable bonds is 5. The van der Waals surface area contributed by atoms with Crippen LogP contribution in [0.2, 0.25) is 0 Å². The van der Waals surface area contributed by atoms with Gasteiger partial charge in [-0.25, -0.2) is 4.98 Å². The van der Waals surface area contributed by atoms with E-state index in [1.54, 1.807) is 38.3 Å². The van der Waals surface area contributed by atoms with Crippen molar-refractivity contribution in [1.82, 2.24) is 9.97 Å². The number of nitrogens with one attached hydrogen (secondary N) is 2. The van der Waals surface area contributed by atoms with E-state index in [4.69, 9.17) is 4.74 Å². The Kier molecular flexibility index (Phi) is 5.43. The van der Waals surface area contributed by atoms with Crippen molar-refractivity contribution in [1.29, 1.82) is 0 Å². The zero-order valence-electron chi connectivity index (χ0n) is 14.3. The Hall–Kier alpha value is -2.28. The van der Waals surface area contributed by atoms with Gasteiger partial charge in [0, 0.05) is 11.3 Å². The summed E-state index contributed by atoms with van der Waals surface area (Å²) in [4.78, 5) is 31.9. The summed E-state index contributed by atoms with van der Waals surface area (Å²) in [5.41, 5.74) is 2.30. The maximum atomic E-state index is 12.4. The standard InChI is InChI=1S/C18H21N3O3S/c1-11(16(22)19-12-7-9-13(24-2)10-8-12)25-18-20-15-6-4-3-5-14(15)17(23)21-18/h7-11H,3-6H2,1-2H3,(H,19,22)(H,20,21,23)/t11-/m1/s1. The molecule has 0 spiro atoms. The topological polar surface area (TPSA) is 84.1 Å². The molecular formula is C18H21N3O3S. The fraction of sp³-hybridized carbons (Fsp3) is 0.389. The van der Waals surface area contributed by atoms with Crippen LogP contribution in [-0.2, 0) is 17.6 Å². The van der Waals surface area contributed by atoms with E-state index >= 15 is 0 Å². The Balaban J connectivity index is 1.66. The number of aryl methyl sites for hydroxylation is 1. The first-order valence-electron chi connectivity index (χ1n) is 8.30. The number of carbonyl (C=O) groups excluding carboxylic acids is 1. The van der Waals surface area contributed by atoms with E-state index < -0.39 is 0 Å². The molecule has 0 unspecified atom stereocenters. The third-order valence-electron chi connectivity index (χ3n) is 4.18. The van der Waals surface area contributed by atoms with Gasteiger partial charge in [-0.15, -0.1) is 0 Å². The van der Waals surface area contributed by atoms with Crippen LogP contribution in [0.4, 0.5) is 5.69 Å². The molecule has 0 saturated heterocycles. The zero-order chi connectivity index (χ0) is 17.8. The minimum absolute atomic E-state index is 0.0741. The molecule has 1 amide bonds. The molecule has 0 bridgehead atoms. The second-order valence-corrected chi connectivity index (χ2v) is 7.31. The van der Waals surface area contributed by atoms with Crippen LogP contribution in [0.1, 0.15) is 31.0 Å². The third-order valence-corrected chi connectivity index (χ3v) is 5.17. The van der Waals surface area contributed by atoms with Crippen molar-refractivity contribution >= 4 is 23.4 Å². The number of benzene rings is 1. The summed E-state index contributed by atoms with van der Waals surface area (Å²) in [5, 5.41) is 2.98. The number of aromatic nitrogens is 2. The fourth-order valence-electron chi connectivity index (χ4n) is 2.78. The van der Waals surface area contributed by atoms with E-state index in [1.165, 1.54) is 11.8 Å². The second kappa shape index (κ2) is 7.74. The average Bonchev–Trinajstić information content (AvgIpc) is 2.62. The normalized spacial score (nSPS) is 14.5. The first-order chi connectivity index (χ1) is 12.1. The molecule has 1 atom stereocenters. The average molecular weight is 359 g/mol. The summed E-state index contributed by atoms with van der Waals surface area (Å²) in [5.74, 6) is 0.590. The maximum Gasteiger partial charge on any atom is 0.254 e. The van der Waals surface area contributed by atoms with Crippen LogP contribution in [0.5, 0.6) is 5.75 Å². The lowest BCUT2D eigenvalue weighted by Gasteiger charge is -2.16. The van der Waals surface area contributed by atoms with Crippen molar-refractivity contribution in [3.05, 3.63) is 45.9 Å². The van der Waals surface area contributed by atoms with Crippen molar-refractivity contribution in [2.45, 2.75) is 43.0 Å². The molecule has 0 fully saturated rings. The van der Waals surface area contributed by atoms with Crippen molar-refractivity contribution in [2.24, 2.45) is 0 Å². The van der Waals surface area contributed by atoms with Gasteiger partial charge in [-0.05, 0) is 56.9 Å². The minimum atomic E-state index is -0.383. The van der Waals surface area contributed by atoms with Gasteiger partial charge in [-0.3, -0.25) is 9.59 Å². The molecule has 132 valence electrons. The Bertz CT molecular complexity index is 817. The molecule has 1 aliphatic rings. The Morgan fingerprint density at radius 3 is 2.72 bits per heavy atom. The lowest BCUT2D eigenvalue weighted by Crippen LogP contribution is -2.25. The number of methoxy groups -OCH3 is 1. The largest absolute Gasteiger partial charge is 0.497 e. The first kappa shape index (κ1) is 17.5. The maximum absolute atomic E-state index is 12.4. The number of amides is 1. The molecule has 0 radical (unpaired) electrons. The number of H-pyrrole nitrogens is 1. The van der Waals surface area contributed by atoms with Crippen LogP contribution in [0, 0.1) is 0 Å². The Labute approximate surface area is 150 Å². The van der Waals surface area contributed by atoms with Gasteiger partial charge in [-0.2, -0.15) is 0 Å². The molecule has 2 aromatic rings. The Morgan fingerprint density at radius 1 is 1.28 bits per heavy atom. The summed E-state index contributed by atoms with van der Waals surface area (Å²) in [6.45, 7) is 1.79. The van der Waals surface area contributed by atoms with Crippen molar-refractivity contribution < 1.29 is 9.53 Å². The fourth-order valence-corrected chi connectivity index (χ4v) is 3.59. The van der Waals surface area contributed by atoms with Gasteiger partial charge in [-0.1, -0.05) is 11.8 Å². The molecule has 1 aromatic carbocycles. The van der Waals surface area contributed by atoms with Crippen LogP contribution in [0.25, 0.3) is 0 Å². The van der Waals surface area contributed by atoms with E-state index in [0.29, 0.717) is 10.8 Å². The van der Waals surface area contributed by atoms with Crippen molar-refractivity contribution in [3.63, 3.8) is 0 Å². The molecule has 25 heavy (non-hydrogen) atoms. The molecule has 1 heterocycles. The number of carbonyl (C=O) groups is 1. The van der Waals surface area contributed by atoms with E-state index in [2.05, 4.69) is 15.3 Å². The number of thioether (sulfide) groups is 1. The number of hydrogen-bond donors (Lipinski definition) is 2. The van der Waals surface area contributed by atoms with Gasteiger partial charge in [0.1, 0.15) is 5.75 Å². The number of fused-ring (bicyclic) bond motifs is 1. The van der Waals surface area contributed by atoms with E-state index in [9.17, 15) is 9.59 Å². The predicted octanol–water partition coefficient (Wildman–Crippen LogP) is 2.78. The van der Waals surface area contributed by atoms with E-state index in [-0.39, 0.29) is 16.7 Å². The predicted molar refractivity (Wildman–Crippen MR) is 98.4 cm³/mol. The van der Waals surface area contributed by atoms with Crippen LogP contribution in [0.3, 0.4) is 0 Å². The van der Waals surface area contributed by atoms with Gasteiger partial charge < -0.3 is 15.0 Å². The highest BCUT2D eigenvalue weighted by atomic mass is 32.2. The van der Waals surface area contributed by atoms with E-state index in [0.717, 1.165) is 42.7 Å². The first-order valence-corrected chi connectivity index (χ1v) is 9.18. The number of anilines is 1. The number of hydrogen-bond acceptors (Lipinski definition) is 5. The van der Waals surface area contributed by atoms with Crippen molar-refractivity contribution in [3.8, 4) is 5.75 Å². The summed E-state index contributed by atoms with van der Waals surface area (Å²) in [7, 11) is 1.60. The second-order valence-electron chi connectivity index (χ2n) is 5.98. The highest BCUT2D eigenvalue weighted by Gasteiger charge is 2.19.